The van der Waals surface area contributed by atoms with E-state index in [1.54, 1.807) is 0 Å². The summed E-state index contributed by atoms with van der Waals surface area (Å²) in [4.78, 5) is 0. The highest BCUT2D eigenvalue weighted by Gasteiger charge is 2.35. The molecule has 2 atom stereocenters. The number of benzene rings is 3. The fraction of sp³-hybridized carbons (Fsp3) is 0.379. The van der Waals surface area contributed by atoms with Crippen LogP contribution in [0.5, 0.6) is 5.75 Å². The molecule has 35 heavy (non-hydrogen) atoms. The first-order chi connectivity index (χ1) is 16.6. The first-order valence-electron chi connectivity index (χ1n) is 12.1. The van der Waals surface area contributed by atoms with Crippen molar-refractivity contribution in [3.8, 4) is 5.75 Å². The molecule has 0 radical (unpaired) electrons. The molecule has 0 spiro atoms. The van der Waals surface area contributed by atoms with E-state index in [1.807, 2.05) is 36.4 Å². The minimum atomic E-state index is -3.40. The molecule has 1 heterocycles. The highest BCUT2D eigenvalue weighted by molar-refractivity contribution is 7.53. The molecule has 1 saturated heterocycles. The number of ether oxygens (including phenoxy) is 1. The first kappa shape index (κ1) is 26.0. The molecule has 0 aromatic heterocycles. The quantitative estimate of drug-likeness (QED) is 0.297. The van der Waals surface area contributed by atoms with E-state index in [1.165, 1.54) is 22.3 Å². The second-order valence-corrected chi connectivity index (χ2v) is 12.1. The number of rotatable bonds is 7. The van der Waals surface area contributed by atoms with Crippen LogP contribution in [0.25, 0.3) is 0 Å². The SMILES string of the molecule is Cc1ccc(Cc2c(C)cc(OC[P@@]3(=O)OCC[C@@H](c4cccc(Cl)c4)O3)cc2C)cc1C(C)C. The largest absolute Gasteiger partial charge is 0.481 e. The summed E-state index contributed by atoms with van der Waals surface area (Å²) in [5, 5.41) is 0.626. The topological polar surface area (TPSA) is 44.8 Å². The van der Waals surface area contributed by atoms with Gasteiger partial charge in [0.15, 0.2) is 6.35 Å². The second kappa shape index (κ2) is 10.9. The van der Waals surface area contributed by atoms with Gasteiger partial charge in [0, 0.05) is 11.4 Å². The van der Waals surface area contributed by atoms with E-state index in [-0.39, 0.29) is 12.5 Å². The van der Waals surface area contributed by atoms with Gasteiger partial charge in [-0.15, -0.1) is 0 Å². The van der Waals surface area contributed by atoms with Crippen LogP contribution in [0.15, 0.2) is 54.6 Å². The van der Waals surface area contributed by atoms with Crippen LogP contribution in [-0.4, -0.2) is 13.0 Å². The maximum Gasteiger partial charge on any atom is 0.368 e. The number of hydrogen-bond acceptors (Lipinski definition) is 4. The molecule has 0 saturated carbocycles. The first-order valence-corrected chi connectivity index (χ1v) is 14.2. The lowest BCUT2D eigenvalue weighted by molar-refractivity contribution is 0.0725. The lowest BCUT2D eigenvalue weighted by Gasteiger charge is -2.30. The Hall–Kier alpha value is -2.10. The van der Waals surface area contributed by atoms with Crippen LogP contribution in [-0.2, 0) is 20.0 Å². The molecule has 0 bridgehead atoms. The van der Waals surface area contributed by atoms with Gasteiger partial charge in [0.2, 0.25) is 0 Å². The summed E-state index contributed by atoms with van der Waals surface area (Å²) < 4.78 is 30.7. The molecule has 6 heteroatoms. The molecule has 3 aromatic carbocycles. The maximum absolute atomic E-state index is 13.3. The predicted molar refractivity (Wildman–Crippen MR) is 143 cm³/mol. The Morgan fingerprint density at radius 3 is 2.46 bits per heavy atom. The van der Waals surface area contributed by atoms with Crippen molar-refractivity contribution in [2.75, 3.05) is 13.0 Å². The van der Waals surface area contributed by atoms with Gasteiger partial charge in [-0.2, -0.15) is 0 Å². The average molecular weight is 513 g/mol. The lowest BCUT2D eigenvalue weighted by Crippen LogP contribution is -2.17. The van der Waals surface area contributed by atoms with Gasteiger partial charge >= 0.3 is 7.60 Å². The van der Waals surface area contributed by atoms with Crippen LogP contribution in [0.3, 0.4) is 0 Å². The Kier molecular flexibility index (Phi) is 8.08. The van der Waals surface area contributed by atoms with Gasteiger partial charge in [-0.05, 0) is 96.3 Å². The molecular formula is C29H34ClO4P. The summed E-state index contributed by atoms with van der Waals surface area (Å²) in [6, 6.07) is 18.2. The molecule has 1 aliphatic rings. The van der Waals surface area contributed by atoms with E-state index in [9.17, 15) is 4.57 Å². The summed E-state index contributed by atoms with van der Waals surface area (Å²) in [5.74, 6) is 1.17. The van der Waals surface area contributed by atoms with Crippen LogP contribution in [0.1, 0.15) is 71.2 Å². The van der Waals surface area contributed by atoms with Crippen molar-refractivity contribution in [2.45, 2.75) is 59.5 Å². The van der Waals surface area contributed by atoms with Gasteiger partial charge in [0.05, 0.1) is 12.7 Å². The number of hydrogen-bond donors (Lipinski definition) is 0. The Bertz CT molecular complexity index is 1230. The average Bonchev–Trinajstić information content (AvgIpc) is 2.81. The molecule has 0 unspecified atom stereocenters. The van der Waals surface area contributed by atoms with Gasteiger partial charge in [0.1, 0.15) is 5.75 Å². The van der Waals surface area contributed by atoms with Gasteiger partial charge in [-0.25, -0.2) is 0 Å². The highest BCUT2D eigenvalue weighted by atomic mass is 35.5. The van der Waals surface area contributed by atoms with E-state index in [0.29, 0.717) is 29.7 Å². The molecule has 4 nitrogen and oxygen atoms in total. The van der Waals surface area contributed by atoms with E-state index in [4.69, 9.17) is 25.4 Å². The van der Waals surface area contributed by atoms with E-state index in [0.717, 1.165) is 23.1 Å². The standard InChI is InChI=1S/C29H34ClO4P/c1-19(2)27-15-23(10-9-20(27)3)16-28-21(4)13-26(14-22(28)5)32-18-35(31)33-12-11-29(34-35)24-7-6-8-25(30)17-24/h6-10,13-15,17,19,29H,11-12,16,18H2,1-5H3/t29-,35+/m0/s1. The van der Waals surface area contributed by atoms with Crippen molar-refractivity contribution in [1.82, 2.24) is 0 Å². The van der Waals surface area contributed by atoms with Crippen molar-refractivity contribution >= 4 is 19.2 Å². The predicted octanol–water partition coefficient (Wildman–Crippen LogP) is 8.69. The fourth-order valence-electron chi connectivity index (χ4n) is 4.67. The fourth-order valence-corrected chi connectivity index (χ4v) is 6.37. The monoisotopic (exact) mass is 512 g/mol. The summed E-state index contributed by atoms with van der Waals surface area (Å²) in [7, 11) is -3.40. The normalized spacial score (nSPS) is 20.3. The summed E-state index contributed by atoms with van der Waals surface area (Å²) in [6.07, 6.45) is 1.03. The van der Waals surface area contributed by atoms with Gasteiger partial charge in [-0.1, -0.05) is 55.8 Å². The molecule has 186 valence electrons. The molecule has 3 aromatic rings. The Balaban J connectivity index is 1.45. The van der Waals surface area contributed by atoms with Gasteiger partial charge < -0.3 is 9.26 Å². The smallest absolute Gasteiger partial charge is 0.368 e. The minimum absolute atomic E-state index is 0.127. The van der Waals surface area contributed by atoms with Gasteiger partial charge in [-0.3, -0.25) is 9.09 Å². The molecule has 0 N–H and O–H groups in total. The van der Waals surface area contributed by atoms with E-state index >= 15 is 0 Å². The molecule has 0 aliphatic carbocycles. The Morgan fingerprint density at radius 1 is 1.03 bits per heavy atom. The second-order valence-electron chi connectivity index (χ2n) is 9.71. The van der Waals surface area contributed by atoms with Crippen LogP contribution < -0.4 is 4.74 Å². The molecule has 0 amide bonds. The summed E-state index contributed by atoms with van der Waals surface area (Å²) >= 11 is 6.12. The summed E-state index contributed by atoms with van der Waals surface area (Å²) in [6.45, 7) is 11.2. The molecule has 1 fully saturated rings. The molecular weight excluding hydrogens is 479 g/mol. The van der Waals surface area contributed by atoms with Crippen molar-refractivity contribution in [3.05, 3.63) is 98.6 Å². The third kappa shape index (κ3) is 6.37. The van der Waals surface area contributed by atoms with E-state index in [2.05, 4.69) is 52.8 Å². The number of halogens is 1. The molecule has 1 aliphatic heterocycles. The van der Waals surface area contributed by atoms with Gasteiger partial charge in [0.25, 0.3) is 0 Å². The third-order valence-electron chi connectivity index (χ3n) is 6.58. The van der Waals surface area contributed by atoms with Crippen LogP contribution in [0.4, 0.5) is 0 Å². The van der Waals surface area contributed by atoms with Crippen LogP contribution in [0.2, 0.25) is 5.02 Å². The highest BCUT2D eigenvalue weighted by Crippen LogP contribution is 2.56. The van der Waals surface area contributed by atoms with Crippen molar-refractivity contribution < 1.29 is 18.3 Å². The van der Waals surface area contributed by atoms with E-state index < -0.39 is 7.60 Å². The zero-order valence-electron chi connectivity index (χ0n) is 21.1. The Morgan fingerprint density at radius 2 is 1.77 bits per heavy atom. The van der Waals surface area contributed by atoms with Crippen molar-refractivity contribution in [1.29, 1.82) is 0 Å². The van der Waals surface area contributed by atoms with Crippen LogP contribution >= 0.6 is 19.2 Å². The number of aryl methyl sites for hydroxylation is 3. The van der Waals surface area contributed by atoms with Crippen molar-refractivity contribution in [3.63, 3.8) is 0 Å². The Labute approximate surface area is 214 Å². The zero-order valence-corrected chi connectivity index (χ0v) is 22.8. The maximum atomic E-state index is 13.3. The molecule has 4 rings (SSSR count). The zero-order chi connectivity index (χ0) is 25.2. The van der Waals surface area contributed by atoms with Crippen LogP contribution in [0, 0.1) is 20.8 Å². The minimum Gasteiger partial charge on any atom is -0.481 e. The lowest BCUT2D eigenvalue weighted by atomic mass is 9.91. The third-order valence-corrected chi connectivity index (χ3v) is 8.41. The summed E-state index contributed by atoms with van der Waals surface area (Å²) in [5.41, 5.74) is 8.51. The van der Waals surface area contributed by atoms with Crippen molar-refractivity contribution in [2.24, 2.45) is 0 Å².